The van der Waals surface area contributed by atoms with Gasteiger partial charge in [-0.15, -0.1) is 0 Å². The van der Waals surface area contributed by atoms with Gasteiger partial charge in [-0.2, -0.15) is 0 Å². The Labute approximate surface area is 193 Å². The number of aryl methyl sites for hydroxylation is 2. The van der Waals surface area contributed by atoms with Crippen molar-refractivity contribution >= 4 is 17.9 Å². The number of benzene rings is 1. The maximum absolute atomic E-state index is 13.5. The van der Waals surface area contributed by atoms with Crippen molar-refractivity contribution in [3.05, 3.63) is 34.9 Å². The molecule has 0 aliphatic carbocycles. The van der Waals surface area contributed by atoms with E-state index in [0.717, 1.165) is 29.5 Å². The van der Waals surface area contributed by atoms with Crippen LogP contribution in [0.5, 0.6) is 0 Å². The van der Waals surface area contributed by atoms with E-state index in [1.165, 1.54) is 4.90 Å². The van der Waals surface area contributed by atoms with Crippen LogP contribution in [0, 0.1) is 19.8 Å². The maximum atomic E-state index is 13.5. The zero-order valence-electron chi connectivity index (χ0n) is 21.2. The summed E-state index contributed by atoms with van der Waals surface area (Å²) in [6.07, 6.45) is 1.16. The summed E-state index contributed by atoms with van der Waals surface area (Å²) in [5.41, 5.74) is 2.02. The summed E-state index contributed by atoms with van der Waals surface area (Å²) in [7, 11) is 1.61. The van der Waals surface area contributed by atoms with Crippen LogP contribution in [0.1, 0.15) is 77.1 Å². The van der Waals surface area contributed by atoms with Crippen LogP contribution < -0.4 is 10.6 Å². The highest BCUT2D eigenvalue weighted by Gasteiger charge is 2.36. The van der Waals surface area contributed by atoms with E-state index in [1.54, 1.807) is 27.8 Å². The van der Waals surface area contributed by atoms with E-state index in [-0.39, 0.29) is 17.7 Å². The van der Waals surface area contributed by atoms with Gasteiger partial charge < -0.3 is 20.3 Å². The first-order chi connectivity index (χ1) is 14.8. The van der Waals surface area contributed by atoms with Crippen LogP contribution in [0.3, 0.4) is 0 Å². The molecule has 0 bridgehead atoms. The van der Waals surface area contributed by atoms with E-state index in [2.05, 4.69) is 17.6 Å². The standard InChI is InChI=1S/C25H41N3O4/c1-10-11-14-26-22(29)21(19-15-17(4)12-13-18(19)5)28(9)23(30)20(16(2)3)27-24(31)32-25(6,7)8/h12-13,15-16,20-21H,10-11,14H2,1-9H3,(H,26,29)(H,27,31). The van der Waals surface area contributed by atoms with Gasteiger partial charge in [-0.25, -0.2) is 4.79 Å². The van der Waals surface area contributed by atoms with E-state index >= 15 is 0 Å². The lowest BCUT2D eigenvalue weighted by Crippen LogP contribution is -2.53. The van der Waals surface area contributed by atoms with E-state index in [1.807, 2.05) is 45.9 Å². The normalized spacial score (nSPS) is 13.3. The van der Waals surface area contributed by atoms with Crippen molar-refractivity contribution in [2.75, 3.05) is 13.6 Å². The number of carbonyl (C=O) groups is 3. The Morgan fingerprint density at radius 1 is 1.12 bits per heavy atom. The molecule has 0 spiro atoms. The third kappa shape index (κ3) is 8.17. The summed E-state index contributed by atoms with van der Waals surface area (Å²) in [5, 5.41) is 5.65. The molecule has 0 aliphatic heterocycles. The molecule has 32 heavy (non-hydrogen) atoms. The van der Waals surface area contributed by atoms with Crippen LogP contribution in [0.15, 0.2) is 18.2 Å². The predicted molar refractivity (Wildman–Crippen MR) is 127 cm³/mol. The van der Waals surface area contributed by atoms with Gasteiger partial charge >= 0.3 is 6.09 Å². The van der Waals surface area contributed by atoms with Gasteiger partial charge in [0.2, 0.25) is 11.8 Å². The molecule has 7 nitrogen and oxygen atoms in total. The average Bonchev–Trinajstić information content (AvgIpc) is 2.67. The fraction of sp³-hybridized carbons (Fsp3) is 0.640. The number of carbonyl (C=O) groups excluding carboxylic acids is 3. The number of amides is 3. The van der Waals surface area contributed by atoms with Gasteiger partial charge in [0.1, 0.15) is 17.7 Å². The Morgan fingerprint density at radius 3 is 2.28 bits per heavy atom. The molecular weight excluding hydrogens is 406 g/mol. The molecule has 1 aromatic rings. The zero-order chi connectivity index (χ0) is 24.6. The lowest BCUT2D eigenvalue weighted by molar-refractivity contribution is -0.141. The fourth-order valence-corrected chi connectivity index (χ4v) is 3.36. The van der Waals surface area contributed by atoms with Crippen molar-refractivity contribution in [3.63, 3.8) is 0 Å². The number of hydrogen-bond donors (Lipinski definition) is 2. The van der Waals surface area contributed by atoms with E-state index in [4.69, 9.17) is 4.74 Å². The Hall–Kier alpha value is -2.57. The molecular formula is C25H41N3O4. The van der Waals surface area contributed by atoms with Crippen LogP contribution in [0.2, 0.25) is 0 Å². The molecule has 2 atom stereocenters. The monoisotopic (exact) mass is 447 g/mol. The molecule has 0 saturated carbocycles. The van der Waals surface area contributed by atoms with Crippen LogP contribution >= 0.6 is 0 Å². The molecule has 0 aromatic heterocycles. The first-order valence-corrected chi connectivity index (χ1v) is 11.4. The molecule has 1 rings (SSSR count). The Morgan fingerprint density at radius 2 is 1.75 bits per heavy atom. The van der Waals surface area contributed by atoms with Gasteiger partial charge in [0, 0.05) is 13.6 Å². The van der Waals surface area contributed by atoms with Crippen LogP contribution in [0.25, 0.3) is 0 Å². The van der Waals surface area contributed by atoms with Crippen molar-refractivity contribution in [1.82, 2.24) is 15.5 Å². The highest BCUT2D eigenvalue weighted by Crippen LogP contribution is 2.26. The number of unbranched alkanes of at least 4 members (excludes halogenated alkanes) is 1. The lowest BCUT2D eigenvalue weighted by Gasteiger charge is -2.33. The van der Waals surface area contributed by atoms with Gasteiger partial charge in [0.15, 0.2) is 0 Å². The summed E-state index contributed by atoms with van der Waals surface area (Å²) in [4.78, 5) is 40.5. The number of nitrogens with zero attached hydrogens (tertiary/aromatic N) is 1. The zero-order valence-corrected chi connectivity index (χ0v) is 21.2. The van der Waals surface area contributed by atoms with Crippen molar-refractivity contribution in [2.45, 2.75) is 85.9 Å². The molecule has 0 saturated heterocycles. The predicted octanol–water partition coefficient (Wildman–Crippen LogP) is 4.27. The molecule has 3 amide bonds. The summed E-state index contributed by atoms with van der Waals surface area (Å²) in [5.74, 6) is -0.773. The van der Waals surface area contributed by atoms with Gasteiger partial charge in [-0.3, -0.25) is 9.59 Å². The van der Waals surface area contributed by atoms with E-state index in [0.29, 0.717) is 6.54 Å². The highest BCUT2D eigenvalue weighted by atomic mass is 16.6. The van der Waals surface area contributed by atoms with Crippen LogP contribution in [0.4, 0.5) is 4.79 Å². The van der Waals surface area contributed by atoms with E-state index < -0.39 is 23.8 Å². The first kappa shape index (κ1) is 27.5. The third-order valence-corrected chi connectivity index (χ3v) is 5.15. The molecule has 2 N–H and O–H groups in total. The molecule has 0 aliphatic rings. The Bertz CT molecular complexity index is 799. The minimum Gasteiger partial charge on any atom is -0.444 e. The second-order valence-electron chi connectivity index (χ2n) is 9.72. The van der Waals surface area contributed by atoms with Gasteiger partial charge in [-0.1, -0.05) is 51.0 Å². The van der Waals surface area contributed by atoms with Crippen molar-refractivity contribution < 1.29 is 19.1 Å². The molecule has 0 heterocycles. The quantitative estimate of drug-likeness (QED) is 0.554. The number of nitrogens with one attached hydrogen (secondary N) is 2. The van der Waals surface area contributed by atoms with Gasteiger partial charge in [0.25, 0.3) is 0 Å². The topological polar surface area (TPSA) is 87.7 Å². The Kier molecular flexibility index (Phi) is 10.2. The molecule has 1 aromatic carbocycles. The summed E-state index contributed by atoms with van der Waals surface area (Å²) >= 11 is 0. The molecule has 2 unspecified atom stereocenters. The second kappa shape index (κ2) is 11.9. The minimum atomic E-state index is -0.828. The SMILES string of the molecule is CCCCNC(=O)C(c1cc(C)ccc1C)N(C)C(=O)C(NC(=O)OC(C)(C)C)C(C)C. The second-order valence-corrected chi connectivity index (χ2v) is 9.72. The maximum Gasteiger partial charge on any atom is 0.408 e. The smallest absolute Gasteiger partial charge is 0.408 e. The number of ether oxygens (including phenoxy) is 1. The van der Waals surface area contributed by atoms with Gasteiger partial charge in [0.05, 0.1) is 0 Å². The third-order valence-electron chi connectivity index (χ3n) is 5.15. The van der Waals surface area contributed by atoms with Crippen molar-refractivity contribution in [2.24, 2.45) is 5.92 Å². The number of hydrogen-bond acceptors (Lipinski definition) is 4. The molecule has 7 heteroatoms. The van der Waals surface area contributed by atoms with Crippen LogP contribution in [-0.4, -0.2) is 48.0 Å². The molecule has 180 valence electrons. The average molecular weight is 448 g/mol. The number of likely N-dealkylation sites (N-methyl/N-ethyl adjacent to an activating group) is 1. The summed E-state index contributed by atoms with van der Waals surface area (Å²) in [6, 6.07) is 4.24. The highest BCUT2D eigenvalue weighted by molar-refractivity contribution is 5.92. The summed E-state index contributed by atoms with van der Waals surface area (Å²) in [6.45, 7) is 15.5. The first-order valence-electron chi connectivity index (χ1n) is 11.4. The summed E-state index contributed by atoms with van der Waals surface area (Å²) < 4.78 is 5.34. The molecule has 0 radical (unpaired) electrons. The van der Waals surface area contributed by atoms with Gasteiger partial charge in [-0.05, 0) is 58.1 Å². The van der Waals surface area contributed by atoms with Crippen molar-refractivity contribution in [1.29, 1.82) is 0 Å². The fourth-order valence-electron chi connectivity index (χ4n) is 3.36. The lowest BCUT2D eigenvalue weighted by atomic mass is 9.95. The molecule has 0 fully saturated rings. The van der Waals surface area contributed by atoms with Crippen LogP contribution in [-0.2, 0) is 14.3 Å². The van der Waals surface area contributed by atoms with E-state index in [9.17, 15) is 14.4 Å². The minimum absolute atomic E-state index is 0.195. The number of rotatable bonds is 9. The Balaban J connectivity index is 3.26. The number of alkyl carbamates (subject to hydrolysis) is 1. The largest absolute Gasteiger partial charge is 0.444 e. The van der Waals surface area contributed by atoms with Crippen molar-refractivity contribution in [3.8, 4) is 0 Å².